The molecule has 1 saturated carbocycles. The molecule has 0 radical (unpaired) electrons. The van der Waals surface area contributed by atoms with Crippen molar-refractivity contribution < 1.29 is 0 Å². The van der Waals surface area contributed by atoms with Gasteiger partial charge in [0, 0.05) is 17.1 Å². The van der Waals surface area contributed by atoms with Crippen LogP contribution < -0.4 is 5.32 Å². The average Bonchev–Trinajstić information content (AvgIpc) is 2.78. The fourth-order valence-corrected chi connectivity index (χ4v) is 2.77. The van der Waals surface area contributed by atoms with Crippen molar-refractivity contribution in [3.8, 4) is 0 Å². The highest BCUT2D eigenvalue weighted by atomic mass is 31.0. The van der Waals surface area contributed by atoms with Gasteiger partial charge >= 0.3 is 0 Å². The van der Waals surface area contributed by atoms with Gasteiger partial charge in [-0.3, -0.25) is 0 Å². The molecule has 1 saturated heterocycles. The quantitative estimate of drug-likeness (QED) is 0.437. The van der Waals surface area contributed by atoms with Gasteiger partial charge in [0.25, 0.3) is 0 Å². The second-order valence-corrected chi connectivity index (χ2v) is 6.31. The topological polar surface area (TPSA) is 12.0 Å². The van der Waals surface area contributed by atoms with E-state index in [-0.39, 0.29) is 5.16 Å². The van der Waals surface area contributed by atoms with E-state index in [1.54, 1.807) is 0 Å². The first kappa shape index (κ1) is 11.1. The molecule has 1 aliphatic heterocycles. The zero-order valence-electron chi connectivity index (χ0n) is 9.42. The lowest BCUT2D eigenvalue weighted by Gasteiger charge is -2.20. The predicted octanol–water partition coefficient (Wildman–Crippen LogP) is 2.53. The van der Waals surface area contributed by atoms with Crippen LogP contribution in [0.5, 0.6) is 0 Å². The van der Waals surface area contributed by atoms with Gasteiger partial charge in [0.2, 0.25) is 0 Å². The van der Waals surface area contributed by atoms with Crippen molar-refractivity contribution in [3.63, 3.8) is 0 Å². The number of piperidine rings is 1. The van der Waals surface area contributed by atoms with Crippen LogP contribution in [0.2, 0.25) is 0 Å². The summed E-state index contributed by atoms with van der Waals surface area (Å²) in [5, 5.41) is 3.45. The molecule has 82 valence electrons. The lowest BCUT2D eigenvalue weighted by molar-refractivity contribution is 0.616. The van der Waals surface area contributed by atoms with Gasteiger partial charge in [0.05, 0.1) is 0 Å². The summed E-state index contributed by atoms with van der Waals surface area (Å²) in [7, 11) is 2.84. The van der Waals surface area contributed by atoms with E-state index in [4.69, 9.17) is 0 Å². The number of fused-ring (bicyclic) bond motifs is 1. The molecule has 0 bridgehead atoms. The second kappa shape index (κ2) is 3.57. The van der Waals surface area contributed by atoms with E-state index in [1.807, 2.05) is 12.2 Å². The SMILES string of the molecule is C=C/C(=C\C(C)(P)C=C)C12CNC[C@H]1C2. The van der Waals surface area contributed by atoms with Gasteiger partial charge in [-0.25, -0.2) is 0 Å². The molecule has 15 heavy (non-hydrogen) atoms. The Hall–Kier alpha value is -0.390. The summed E-state index contributed by atoms with van der Waals surface area (Å²) in [6.07, 6.45) is 7.62. The Morgan fingerprint density at radius 1 is 1.60 bits per heavy atom. The molecule has 0 aromatic heterocycles. The zero-order chi connectivity index (χ0) is 11.1. The van der Waals surface area contributed by atoms with Gasteiger partial charge in [0.15, 0.2) is 0 Å². The third-order valence-electron chi connectivity index (χ3n) is 3.76. The first-order valence-corrected chi connectivity index (χ1v) is 6.11. The largest absolute Gasteiger partial charge is 0.316 e. The molecule has 2 aliphatic rings. The third-order valence-corrected chi connectivity index (χ3v) is 4.17. The van der Waals surface area contributed by atoms with Crippen molar-refractivity contribution in [1.29, 1.82) is 0 Å². The van der Waals surface area contributed by atoms with Gasteiger partial charge in [0.1, 0.15) is 0 Å². The molecule has 1 aliphatic carbocycles. The molecule has 0 spiro atoms. The number of hydrogen-bond donors (Lipinski definition) is 1. The Labute approximate surface area is 94.9 Å². The summed E-state index contributed by atoms with van der Waals surface area (Å²) >= 11 is 0. The Morgan fingerprint density at radius 3 is 2.73 bits per heavy atom. The minimum atomic E-state index is -0.00595. The molecule has 2 rings (SSSR count). The Bertz CT molecular complexity index is 329. The van der Waals surface area contributed by atoms with Crippen LogP contribution in [-0.4, -0.2) is 18.2 Å². The van der Waals surface area contributed by atoms with Crippen molar-refractivity contribution in [3.05, 3.63) is 37.0 Å². The maximum atomic E-state index is 3.96. The van der Waals surface area contributed by atoms with Crippen molar-refractivity contribution in [2.75, 3.05) is 13.1 Å². The van der Waals surface area contributed by atoms with Crippen LogP contribution in [0.4, 0.5) is 0 Å². The third kappa shape index (κ3) is 1.84. The highest BCUT2D eigenvalue weighted by molar-refractivity contribution is 7.19. The summed E-state index contributed by atoms with van der Waals surface area (Å²) in [6, 6.07) is 0. The fourth-order valence-electron chi connectivity index (χ4n) is 2.59. The van der Waals surface area contributed by atoms with E-state index in [2.05, 4.69) is 40.7 Å². The van der Waals surface area contributed by atoms with Gasteiger partial charge in [-0.15, -0.1) is 15.8 Å². The van der Waals surface area contributed by atoms with E-state index in [0.717, 1.165) is 12.5 Å². The average molecular weight is 221 g/mol. The molecule has 1 heterocycles. The van der Waals surface area contributed by atoms with Crippen LogP contribution >= 0.6 is 9.24 Å². The Morgan fingerprint density at radius 2 is 2.33 bits per heavy atom. The fraction of sp³-hybridized carbons (Fsp3) is 0.538. The molecule has 2 fully saturated rings. The lowest BCUT2D eigenvalue weighted by Crippen LogP contribution is -2.19. The van der Waals surface area contributed by atoms with Crippen LogP contribution in [0.25, 0.3) is 0 Å². The van der Waals surface area contributed by atoms with E-state index in [0.29, 0.717) is 5.41 Å². The number of rotatable bonds is 4. The molecule has 0 amide bonds. The number of allylic oxidation sites excluding steroid dienone is 3. The Balaban J connectivity index is 2.25. The molecular weight excluding hydrogens is 201 g/mol. The molecule has 3 unspecified atom stereocenters. The van der Waals surface area contributed by atoms with Crippen LogP contribution in [-0.2, 0) is 0 Å². The normalized spacial score (nSPS) is 38.0. The van der Waals surface area contributed by atoms with E-state index < -0.39 is 0 Å². The van der Waals surface area contributed by atoms with Crippen molar-refractivity contribution in [2.24, 2.45) is 11.3 Å². The van der Waals surface area contributed by atoms with Crippen LogP contribution in [0.3, 0.4) is 0 Å². The minimum Gasteiger partial charge on any atom is -0.316 e. The predicted molar refractivity (Wildman–Crippen MR) is 70.0 cm³/mol. The monoisotopic (exact) mass is 221 g/mol. The molecule has 1 N–H and O–H groups in total. The van der Waals surface area contributed by atoms with Crippen molar-refractivity contribution in [2.45, 2.75) is 18.5 Å². The number of nitrogens with one attached hydrogen (secondary N) is 1. The van der Waals surface area contributed by atoms with Crippen LogP contribution in [0, 0.1) is 11.3 Å². The first-order chi connectivity index (χ1) is 7.04. The number of hydrogen-bond acceptors (Lipinski definition) is 1. The summed E-state index contributed by atoms with van der Waals surface area (Å²) in [6.45, 7) is 12.3. The molecule has 4 atom stereocenters. The summed E-state index contributed by atoms with van der Waals surface area (Å²) in [5.74, 6) is 0.840. The highest BCUT2D eigenvalue weighted by Gasteiger charge is 2.58. The molecule has 0 aromatic rings. The van der Waals surface area contributed by atoms with E-state index in [1.165, 1.54) is 18.5 Å². The van der Waals surface area contributed by atoms with Crippen molar-refractivity contribution in [1.82, 2.24) is 5.32 Å². The van der Waals surface area contributed by atoms with E-state index >= 15 is 0 Å². The van der Waals surface area contributed by atoms with Crippen LogP contribution in [0.15, 0.2) is 37.0 Å². The minimum absolute atomic E-state index is 0.00595. The van der Waals surface area contributed by atoms with Gasteiger partial charge < -0.3 is 5.32 Å². The standard InChI is InChI=1S/C13H20NP/c1-4-10(6-12(3,15)5-2)13-7-11(13)8-14-9-13/h4-6,11,14H,1-2,7-9,15H2,3H3/b10-6+/t11-,12?,13?/m1/s1. The Kier molecular flexibility index (Phi) is 2.65. The zero-order valence-corrected chi connectivity index (χ0v) is 10.6. The summed E-state index contributed by atoms with van der Waals surface area (Å²) in [4.78, 5) is 0. The first-order valence-electron chi connectivity index (χ1n) is 5.53. The molecule has 0 aromatic carbocycles. The summed E-state index contributed by atoms with van der Waals surface area (Å²) < 4.78 is 0. The maximum Gasteiger partial charge on any atom is 0.0180 e. The van der Waals surface area contributed by atoms with Gasteiger partial charge in [-0.1, -0.05) is 24.8 Å². The molecule has 1 nitrogen and oxygen atoms in total. The van der Waals surface area contributed by atoms with Gasteiger partial charge in [-0.05, 0) is 31.4 Å². The van der Waals surface area contributed by atoms with Crippen LogP contribution in [0.1, 0.15) is 13.3 Å². The maximum absolute atomic E-state index is 3.96. The molecule has 2 heteroatoms. The van der Waals surface area contributed by atoms with E-state index in [9.17, 15) is 0 Å². The highest BCUT2D eigenvalue weighted by Crippen LogP contribution is 2.60. The summed E-state index contributed by atoms with van der Waals surface area (Å²) in [5.41, 5.74) is 1.80. The second-order valence-electron chi connectivity index (χ2n) is 5.06. The van der Waals surface area contributed by atoms with Gasteiger partial charge in [-0.2, -0.15) is 0 Å². The molecular formula is C13H20NP. The lowest BCUT2D eigenvalue weighted by atomic mass is 9.91. The van der Waals surface area contributed by atoms with Crippen molar-refractivity contribution >= 4 is 9.24 Å². The smallest absolute Gasteiger partial charge is 0.0180 e.